The monoisotopic (exact) mass is 306 g/mol. The number of anilines is 2. The van der Waals surface area contributed by atoms with Gasteiger partial charge < -0.3 is 14.5 Å². The minimum Gasteiger partial charge on any atom is -0.350 e. The topological polar surface area (TPSA) is 15.7 Å². The molecule has 0 amide bonds. The Labute approximate surface area is 137 Å². The van der Waals surface area contributed by atoms with Gasteiger partial charge in [0.25, 0.3) is 0 Å². The quantitative estimate of drug-likeness (QED) is 0.785. The molecule has 2 aliphatic rings. The maximum atomic E-state index is 6.58. The van der Waals surface area contributed by atoms with E-state index in [4.69, 9.17) is 4.74 Å². The van der Waals surface area contributed by atoms with Crippen LogP contribution < -0.4 is 9.80 Å². The number of ether oxygens (including phenoxy) is 1. The van der Waals surface area contributed by atoms with Crippen LogP contribution in [0.1, 0.15) is 25.1 Å². The maximum Gasteiger partial charge on any atom is 0.159 e. The molecule has 3 heteroatoms. The molecule has 4 rings (SSSR count). The van der Waals surface area contributed by atoms with Crippen LogP contribution in [0, 0.1) is 0 Å². The molecule has 2 heterocycles. The van der Waals surface area contributed by atoms with Gasteiger partial charge in [0.05, 0.1) is 11.4 Å². The van der Waals surface area contributed by atoms with E-state index in [0.29, 0.717) is 0 Å². The highest BCUT2D eigenvalue weighted by Gasteiger charge is 2.56. The van der Waals surface area contributed by atoms with Gasteiger partial charge in [-0.15, -0.1) is 6.58 Å². The molecule has 3 atom stereocenters. The van der Waals surface area contributed by atoms with Gasteiger partial charge in [0, 0.05) is 12.6 Å². The number of rotatable bonds is 3. The summed E-state index contributed by atoms with van der Waals surface area (Å²) in [5.74, 6) is 0. The van der Waals surface area contributed by atoms with Gasteiger partial charge in [-0.25, -0.2) is 0 Å². The standard InChI is InChI=1S/C20H22N2O/c1-4-14-20(2)19-21(3)16-12-8-9-13-17(16)22(19)18(23-20)15-10-6-5-7-11-15/h4-13,18-19H,1,14H2,2-3H3/t18-,19?,20-/m1/s1. The number of likely N-dealkylation sites (N-methyl/N-ethyl adjacent to an activating group) is 1. The van der Waals surface area contributed by atoms with Crippen molar-refractivity contribution in [2.75, 3.05) is 16.8 Å². The first kappa shape index (κ1) is 14.3. The highest BCUT2D eigenvalue weighted by Crippen LogP contribution is 2.53. The van der Waals surface area contributed by atoms with E-state index in [-0.39, 0.29) is 18.0 Å². The van der Waals surface area contributed by atoms with Crippen LogP contribution in [0.3, 0.4) is 0 Å². The second-order valence-corrected chi connectivity index (χ2v) is 6.57. The van der Waals surface area contributed by atoms with E-state index in [0.717, 1.165) is 6.42 Å². The van der Waals surface area contributed by atoms with Crippen LogP contribution in [0.4, 0.5) is 11.4 Å². The summed E-state index contributed by atoms with van der Waals surface area (Å²) in [6.07, 6.45) is 2.87. The Bertz CT molecular complexity index is 729. The average molecular weight is 306 g/mol. The van der Waals surface area contributed by atoms with Crippen molar-refractivity contribution in [1.29, 1.82) is 0 Å². The van der Waals surface area contributed by atoms with Crippen LogP contribution >= 0.6 is 0 Å². The van der Waals surface area contributed by atoms with E-state index >= 15 is 0 Å². The van der Waals surface area contributed by atoms with E-state index in [9.17, 15) is 0 Å². The van der Waals surface area contributed by atoms with Gasteiger partial charge in [-0.05, 0) is 25.5 Å². The lowest BCUT2D eigenvalue weighted by Crippen LogP contribution is -2.50. The zero-order chi connectivity index (χ0) is 16.0. The molecule has 1 saturated heterocycles. The van der Waals surface area contributed by atoms with Gasteiger partial charge in [0.2, 0.25) is 0 Å². The predicted octanol–water partition coefficient (Wildman–Crippen LogP) is 4.33. The molecule has 1 fully saturated rings. The van der Waals surface area contributed by atoms with Gasteiger partial charge >= 0.3 is 0 Å². The molecule has 3 nitrogen and oxygen atoms in total. The Balaban J connectivity index is 1.86. The second-order valence-electron chi connectivity index (χ2n) is 6.57. The van der Waals surface area contributed by atoms with Crippen LogP contribution in [0.5, 0.6) is 0 Å². The van der Waals surface area contributed by atoms with Crippen molar-refractivity contribution < 1.29 is 4.74 Å². The molecule has 23 heavy (non-hydrogen) atoms. The van der Waals surface area contributed by atoms with E-state index in [1.165, 1.54) is 16.9 Å². The highest BCUT2D eigenvalue weighted by molar-refractivity contribution is 5.79. The minimum absolute atomic E-state index is 0.0720. The fraction of sp³-hybridized carbons (Fsp3) is 0.300. The first-order valence-corrected chi connectivity index (χ1v) is 8.09. The molecular formula is C20H22N2O. The third-order valence-electron chi connectivity index (χ3n) is 4.98. The first-order valence-electron chi connectivity index (χ1n) is 8.09. The van der Waals surface area contributed by atoms with E-state index < -0.39 is 0 Å². The molecule has 0 bridgehead atoms. The lowest BCUT2D eigenvalue weighted by atomic mass is 9.98. The highest BCUT2D eigenvalue weighted by atomic mass is 16.5. The zero-order valence-corrected chi connectivity index (χ0v) is 13.6. The molecule has 118 valence electrons. The van der Waals surface area contributed by atoms with Gasteiger partial charge in [0.1, 0.15) is 11.8 Å². The lowest BCUT2D eigenvalue weighted by molar-refractivity contribution is -0.0333. The van der Waals surface area contributed by atoms with Gasteiger partial charge in [-0.2, -0.15) is 0 Å². The average Bonchev–Trinajstić information content (AvgIpc) is 3.04. The Morgan fingerprint density at radius 1 is 1.09 bits per heavy atom. The summed E-state index contributed by atoms with van der Waals surface area (Å²) in [4.78, 5) is 4.75. The van der Waals surface area contributed by atoms with Crippen LogP contribution in [-0.4, -0.2) is 18.8 Å². The molecule has 0 aliphatic carbocycles. The van der Waals surface area contributed by atoms with Gasteiger partial charge in [-0.3, -0.25) is 0 Å². The van der Waals surface area contributed by atoms with Crippen LogP contribution in [0.15, 0.2) is 67.3 Å². The summed E-state index contributed by atoms with van der Waals surface area (Å²) in [6.45, 7) is 6.13. The summed E-state index contributed by atoms with van der Waals surface area (Å²) in [6, 6.07) is 19.0. The zero-order valence-electron chi connectivity index (χ0n) is 13.6. The van der Waals surface area contributed by atoms with Crippen molar-refractivity contribution in [3.63, 3.8) is 0 Å². The van der Waals surface area contributed by atoms with Crippen LogP contribution in [0.25, 0.3) is 0 Å². The smallest absolute Gasteiger partial charge is 0.159 e. The van der Waals surface area contributed by atoms with Gasteiger partial charge in [-0.1, -0.05) is 48.5 Å². The van der Waals surface area contributed by atoms with E-state index in [1.54, 1.807) is 0 Å². The van der Waals surface area contributed by atoms with E-state index in [2.05, 4.69) is 78.9 Å². The third kappa shape index (κ3) is 2.00. The molecule has 1 unspecified atom stereocenters. The summed E-state index contributed by atoms with van der Waals surface area (Å²) in [5.41, 5.74) is 3.39. The second kappa shape index (κ2) is 5.14. The molecule has 0 saturated carbocycles. The Morgan fingerprint density at radius 2 is 1.74 bits per heavy atom. The number of nitrogens with zero attached hydrogens (tertiary/aromatic N) is 2. The van der Waals surface area contributed by atoms with Crippen molar-refractivity contribution in [3.05, 3.63) is 72.8 Å². The molecule has 0 aromatic heterocycles. The van der Waals surface area contributed by atoms with Crippen LogP contribution in [-0.2, 0) is 4.74 Å². The first-order chi connectivity index (χ1) is 11.2. The molecule has 2 aromatic carbocycles. The largest absolute Gasteiger partial charge is 0.350 e. The van der Waals surface area contributed by atoms with Crippen molar-refractivity contribution in [3.8, 4) is 0 Å². The molecule has 2 aliphatic heterocycles. The molecule has 0 spiro atoms. The lowest BCUT2D eigenvalue weighted by Gasteiger charge is -2.34. The number of para-hydroxylation sites is 2. The summed E-state index contributed by atoms with van der Waals surface area (Å²) in [7, 11) is 2.15. The van der Waals surface area contributed by atoms with Crippen molar-refractivity contribution >= 4 is 11.4 Å². The fourth-order valence-corrected chi connectivity index (χ4v) is 4.05. The van der Waals surface area contributed by atoms with Crippen molar-refractivity contribution in [2.45, 2.75) is 31.3 Å². The number of benzene rings is 2. The normalized spacial score (nSPS) is 28.6. The Kier molecular flexibility index (Phi) is 3.20. The maximum absolute atomic E-state index is 6.58. The minimum atomic E-state index is -0.296. The van der Waals surface area contributed by atoms with Crippen molar-refractivity contribution in [1.82, 2.24) is 0 Å². The summed E-state index contributed by atoms with van der Waals surface area (Å²) >= 11 is 0. The van der Waals surface area contributed by atoms with Gasteiger partial charge in [0.15, 0.2) is 6.23 Å². The molecule has 0 radical (unpaired) electrons. The SMILES string of the molecule is C=CC[C@@]1(C)O[C@H](c2ccccc2)N2c3ccccc3N(C)C21. The summed E-state index contributed by atoms with van der Waals surface area (Å²) in [5, 5.41) is 0. The number of fused-ring (bicyclic) bond motifs is 3. The Morgan fingerprint density at radius 3 is 2.43 bits per heavy atom. The summed E-state index contributed by atoms with van der Waals surface area (Å²) < 4.78 is 6.58. The number of hydrogen-bond donors (Lipinski definition) is 0. The van der Waals surface area contributed by atoms with E-state index in [1.807, 2.05) is 12.1 Å². The fourth-order valence-electron chi connectivity index (χ4n) is 4.05. The Hall–Kier alpha value is -2.26. The predicted molar refractivity (Wildman–Crippen MR) is 94.6 cm³/mol. The molecule has 0 N–H and O–H groups in total. The van der Waals surface area contributed by atoms with Crippen molar-refractivity contribution in [2.24, 2.45) is 0 Å². The number of hydrogen-bond acceptors (Lipinski definition) is 3. The van der Waals surface area contributed by atoms with Crippen LogP contribution in [0.2, 0.25) is 0 Å². The molecular weight excluding hydrogens is 284 g/mol. The third-order valence-corrected chi connectivity index (χ3v) is 4.98. The molecule has 2 aromatic rings.